The van der Waals surface area contributed by atoms with Crippen molar-refractivity contribution >= 4 is 23.1 Å². The fourth-order valence-corrected chi connectivity index (χ4v) is 4.51. The zero-order valence-electron chi connectivity index (χ0n) is 16.3. The van der Waals surface area contributed by atoms with E-state index in [0.717, 1.165) is 47.6 Å². The van der Waals surface area contributed by atoms with E-state index in [1.807, 2.05) is 36.6 Å². The number of piperidine rings is 1. The number of para-hydroxylation sites is 1. The van der Waals surface area contributed by atoms with E-state index in [-0.39, 0.29) is 0 Å². The quantitative estimate of drug-likeness (QED) is 0.713. The van der Waals surface area contributed by atoms with Crippen LogP contribution in [0.1, 0.15) is 45.2 Å². The molecule has 0 unspecified atom stereocenters. The van der Waals surface area contributed by atoms with Gasteiger partial charge in [0.1, 0.15) is 5.01 Å². The monoisotopic (exact) mass is 387 g/mol. The summed E-state index contributed by atoms with van der Waals surface area (Å²) in [6.45, 7) is 6.85. The summed E-state index contributed by atoms with van der Waals surface area (Å²) in [6, 6.07) is 8.76. The molecule has 0 spiro atoms. The number of amides is 1. The molecule has 0 bridgehead atoms. The van der Waals surface area contributed by atoms with Crippen LogP contribution in [0.2, 0.25) is 0 Å². The van der Waals surface area contributed by atoms with Gasteiger partial charge in [0.05, 0.1) is 12.3 Å². The van der Waals surface area contributed by atoms with E-state index in [2.05, 4.69) is 29.5 Å². The molecule has 1 aromatic heterocycles. The van der Waals surface area contributed by atoms with E-state index >= 15 is 0 Å². The lowest BCUT2D eigenvalue weighted by molar-refractivity contribution is 0.111. The Morgan fingerprint density at radius 3 is 2.59 bits per heavy atom. The molecule has 27 heavy (non-hydrogen) atoms. The van der Waals surface area contributed by atoms with Gasteiger partial charge in [-0.05, 0) is 50.7 Å². The van der Waals surface area contributed by atoms with E-state index in [1.54, 1.807) is 11.3 Å². The highest BCUT2D eigenvalue weighted by Gasteiger charge is 2.27. The predicted octanol–water partition coefficient (Wildman–Crippen LogP) is 5.22. The summed E-state index contributed by atoms with van der Waals surface area (Å²) in [5.41, 5.74) is 2.64. The lowest BCUT2D eigenvalue weighted by Crippen LogP contribution is -2.46. The topological polar surface area (TPSA) is 63.2 Å². The fourth-order valence-electron chi connectivity index (χ4n) is 3.67. The number of anilines is 1. The molecular weight excluding hydrogens is 358 g/mol. The third-order valence-corrected chi connectivity index (χ3v) is 6.15. The fraction of sp³-hybridized carbons (Fsp3) is 0.524. The van der Waals surface area contributed by atoms with Crippen LogP contribution in [-0.2, 0) is 4.74 Å². The zero-order chi connectivity index (χ0) is 19.2. The van der Waals surface area contributed by atoms with Crippen molar-refractivity contribution in [3.63, 3.8) is 0 Å². The molecule has 1 aliphatic heterocycles. The zero-order valence-corrected chi connectivity index (χ0v) is 17.1. The average molecular weight is 388 g/mol. The van der Waals surface area contributed by atoms with Crippen LogP contribution in [0.4, 0.5) is 10.5 Å². The summed E-state index contributed by atoms with van der Waals surface area (Å²) in [5, 5.41) is 9.49. The Bertz CT molecular complexity index is 749. The first-order chi connectivity index (χ1) is 13.1. The van der Waals surface area contributed by atoms with Crippen molar-refractivity contribution in [2.24, 2.45) is 5.92 Å². The van der Waals surface area contributed by atoms with Crippen LogP contribution >= 0.6 is 11.3 Å². The van der Waals surface area contributed by atoms with E-state index in [9.17, 15) is 4.79 Å². The van der Waals surface area contributed by atoms with Crippen LogP contribution in [-0.4, -0.2) is 29.8 Å². The highest BCUT2D eigenvalue weighted by atomic mass is 32.1. The van der Waals surface area contributed by atoms with Crippen molar-refractivity contribution in [2.75, 3.05) is 11.9 Å². The van der Waals surface area contributed by atoms with Gasteiger partial charge in [-0.2, -0.15) is 0 Å². The number of hydrogen-bond acceptors (Lipinski definition) is 5. The Kier molecular flexibility index (Phi) is 6.85. The van der Waals surface area contributed by atoms with Gasteiger partial charge in [0.2, 0.25) is 0 Å². The first-order valence-corrected chi connectivity index (χ1v) is 10.7. The van der Waals surface area contributed by atoms with Crippen LogP contribution < -0.4 is 10.6 Å². The molecular formula is C21H29N3O2S. The molecule has 2 atom stereocenters. The highest BCUT2D eigenvalue weighted by Crippen LogP contribution is 2.30. The molecule has 1 saturated heterocycles. The molecule has 2 aromatic rings. The Balaban J connectivity index is 1.58. The summed E-state index contributed by atoms with van der Waals surface area (Å²) in [7, 11) is 0. The maximum absolute atomic E-state index is 12.4. The molecule has 0 aliphatic carbocycles. The number of carbonyl (C=O) groups is 1. The number of rotatable bonds is 6. The molecule has 146 valence electrons. The number of hydrogen-bond donors (Lipinski definition) is 2. The molecule has 0 saturated carbocycles. The summed E-state index contributed by atoms with van der Waals surface area (Å²) in [6.07, 6.45) is 3.96. The molecule has 1 amide bonds. The third-order valence-electron chi connectivity index (χ3n) is 5.16. The van der Waals surface area contributed by atoms with Gasteiger partial charge in [0, 0.05) is 28.7 Å². The maximum atomic E-state index is 12.4. The van der Waals surface area contributed by atoms with Gasteiger partial charge >= 0.3 is 6.09 Å². The number of nitrogens with zero attached hydrogens (tertiary/aromatic N) is 1. The van der Waals surface area contributed by atoms with Crippen LogP contribution in [0, 0.1) is 12.8 Å². The Labute approximate surface area is 165 Å². The lowest BCUT2D eigenvalue weighted by Gasteiger charge is -2.35. The Morgan fingerprint density at radius 1 is 1.26 bits per heavy atom. The van der Waals surface area contributed by atoms with E-state index in [1.165, 1.54) is 0 Å². The van der Waals surface area contributed by atoms with Gasteiger partial charge in [-0.3, -0.25) is 5.32 Å². The van der Waals surface area contributed by atoms with E-state index in [4.69, 9.17) is 4.74 Å². The molecule has 3 rings (SSSR count). The van der Waals surface area contributed by atoms with Crippen molar-refractivity contribution in [3.05, 3.63) is 35.3 Å². The number of carbonyl (C=O) groups excluding carboxylic acids is 1. The second kappa shape index (κ2) is 9.33. The first kappa shape index (κ1) is 19.8. The van der Waals surface area contributed by atoms with Gasteiger partial charge in [0.15, 0.2) is 0 Å². The van der Waals surface area contributed by atoms with E-state index in [0.29, 0.717) is 24.6 Å². The van der Waals surface area contributed by atoms with Crippen LogP contribution in [0.25, 0.3) is 10.6 Å². The maximum Gasteiger partial charge on any atom is 0.411 e. The number of nitrogens with one attached hydrogen (secondary N) is 2. The number of aryl methyl sites for hydroxylation is 1. The first-order valence-electron chi connectivity index (χ1n) is 9.80. The standard InChI is InChI=1S/C21H29N3O2S/c1-4-16-10-15(11-17(5-2)23-16)12-26-21(25)24-19-9-7-6-8-18(19)20-22-14(3)13-27-20/h6-9,13,15-17,23H,4-5,10-12H2,1-3H3,(H,24,25)/t16-,17-/m1/s1. The largest absolute Gasteiger partial charge is 0.449 e. The SMILES string of the molecule is CC[C@@H]1CC(COC(=O)Nc2ccccc2-c2nc(C)cs2)C[C@@H](CC)N1. The molecule has 2 heterocycles. The lowest BCUT2D eigenvalue weighted by atomic mass is 9.86. The van der Waals surface area contributed by atoms with Crippen molar-refractivity contribution in [1.82, 2.24) is 10.3 Å². The molecule has 1 fully saturated rings. The summed E-state index contributed by atoms with van der Waals surface area (Å²) in [4.78, 5) is 16.9. The third kappa shape index (κ3) is 5.30. The normalized spacial score (nSPS) is 22.4. The molecule has 0 radical (unpaired) electrons. The smallest absolute Gasteiger partial charge is 0.411 e. The van der Waals surface area contributed by atoms with Gasteiger partial charge in [-0.15, -0.1) is 11.3 Å². The second-order valence-corrected chi connectivity index (χ2v) is 8.14. The Hall–Kier alpha value is -1.92. The van der Waals surface area contributed by atoms with Crippen LogP contribution in [0.3, 0.4) is 0 Å². The molecule has 6 heteroatoms. The van der Waals surface area contributed by atoms with Crippen molar-refractivity contribution in [3.8, 4) is 10.6 Å². The number of ether oxygens (including phenoxy) is 1. The number of benzene rings is 1. The average Bonchev–Trinajstić information content (AvgIpc) is 3.12. The molecule has 1 aliphatic rings. The summed E-state index contributed by atoms with van der Waals surface area (Å²) < 4.78 is 5.57. The second-order valence-electron chi connectivity index (χ2n) is 7.28. The van der Waals surface area contributed by atoms with Crippen molar-refractivity contribution in [1.29, 1.82) is 0 Å². The van der Waals surface area contributed by atoms with Crippen molar-refractivity contribution in [2.45, 2.75) is 58.5 Å². The van der Waals surface area contributed by atoms with Gasteiger partial charge in [-0.25, -0.2) is 9.78 Å². The number of thiazole rings is 1. The van der Waals surface area contributed by atoms with Gasteiger partial charge in [0.25, 0.3) is 0 Å². The Morgan fingerprint density at radius 2 is 1.96 bits per heavy atom. The molecule has 1 aromatic carbocycles. The summed E-state index contributed by atoms with van der Waals surface area (Å²) >= 11 is 1.58. The molecule has 5 nitrogen and oxygen atoms in total. The van der Waals surface area contributed by atoms with Gasteiger partial charge in [-0.1, -0.05) is 26.0 Å². The van der Waals surface area contributed by atoms with Crippen molar-refractivity contribution < 1.29 is 9.53 Å². The van der Waals surface area contributed by atoms with E-state index < -0.39 is 6.09 Å². The minimum Gasteiger partial charge on any atom is -0.449 e. The predicted molar refractivity (Wildman–Crippen MR) is 111 cm³/mol. The molecule has 2 N–H and O–H groups in total. The highest BCUT2D eigenvalue weighted by molar-refractivity contribution is 7.13. The van der Waals surface area contributed by atoms with Crippen LogP contribution in [0.5, 0.6) is 0 Å². The van der Waals surface area contributed by atoms with Crippen LogP contribution in [0.15, 0.2) is 29.6 Å². The number of aromatic nitrogens is 1. The minimum atomic E-state index is -0.393. The van der Waals surface area contributed by atoms with Gasteiger partial charge < -0.3 is 10.1 Å². The summed E-state index contributed by atoms with van der Waals surface area (Å²) in [5.74, 6) is 0.420. The minimum absolute atomic E-state index is 0.393.